The molecule has 0 atom stereocenters. The number of benzene rings is 2. The highest BCUT2D eigenvalue weighted by atomic mass is 16.5. The van der Waals surface area contributed by atoms with Crippen LogP contribution in [0.4, 0.5) is 5.69 Å². The van der Waals surface area contributed by atoms with Crippen molar-refractivity contribution in [2.24, 2.45) is 0 Å². The van der Waals surface area contributed by atoms with Crippen molar-refractivity contribution in [2.45, 2.75) is 13.5 Å². The number of carbonyl (C=O) groups excluding carboxylic acids is 1. The van der Waals surface area contributed by atoms with Crippen LogP contribution >= 0.6 is 0 Å². The van der Waals surface area contributed by atoms with Gasteiger partial charge in [0.2, 0.25) is 5.91 Å². The van der Waals surface area contributed by atoms with Crippen LogP contribution in [-0.4, -0.2) is 22.8 Å². The third kappa shape index (κ3) is 4.60. The summed E-state index contributed by atoms with van der Waals surface area (Å²) in [7, 11) is 1.62. The number of rotatable bonds is 6. The molecule has 1 amide bonds. The van der Waals surface area contributed by atoms with E-state index in [-0.39, 0.29) is 5.91 Å². The summed E-state index contributed by atoms with van der Waals surface area (Å²) < 4.78 is 6.92. The Balaban J connectivity index is 1.58. The average Bonchev–Trinajstić information content (AvgIpc) is 3.09. The van der Waals surface area contributed by atoms with Crippen LogP contribution in [-0.2, 0) is 11.3 Å². The molecule has 3 rings (SSSR count). The van der Waals surface area contributed by atoms with Gasteiger partial charge in [0, 0.05) is 12.3 Å². The second-order valence-corrected chi connectivity index (χ2v) is 5.95. The fourth-order valence-electron chi connectivity index (χ4n) is 2.55. The Labute approximate surface area is 152 Å². The van der Waals surface area contributed by atoms with E-state index in [1.54, 1.807) is 19.4 Å². The monoisotopic (exact) mass is 347 g/mol. The zero-order valence-corrected chi connectivity index (χ0v) is 14.8. The standard InChI is InChI=1S/C21H21N3O2/c1-16-5-3-4-6-18(16)14-24-15-19(13-22-24)23-21(25)12-9-17-7-10-20(26-2)11-8-17/h3-13,15H,14H2,1-2H3,(H,23,25)/b12-9+. The number of hydrogen-bond donors (Lipinski definition) is 1. The van der Waals surface area contributed by atoms with E-state index in [1.165, 1.54) is 17.2 Å². The van der Waals surface area contributed by atoms with Crippen molar-refractivity contribution in [1.82, 2.24) is 9.78 Å². The van der Waals surface area contributed by atoms with Crippen LogP contribution < -0.4 is 10.1 Å². The molecule has 5 nitrogen and oxygen atoms in total. The number of carbonyl (C=O) groups is 1. The molecule has 0 saturated heterocycles. The van der Waals surface area contributed by atoms with E-state index in [1.807, 2.05) is 47.3 Å². The quantitative estimate of drug-likeness (QED) is 0.688. The van der Waals surface area contributed by atoms with Gasteiger partial charge in [-0.15, -0.1) is 0 Å². The molecule has 0 aliphatic heterocycles. The number of ether oxygens (including phenoxy) is 1. The van der Waals surface area contributed by atoms with Gasteiger partial charge in [-0.3, -0.25) is 9.48 Å². The van der Waals surface area contributed by atoms with Crippen LogP contribution in [0.25, 0.3) is 6.08 Å². The molecule has 0 spiro atoms. The van der Waals surface area contributed by atoms with Gasteiger partial charge in [0.15, 0.2) is 0 Å². The first kappa shape index (κ1) is 17.5. The van der Waals surface area contributed by atoms with Crippen molar-refractivity contribution >= 4 is 17.7 Å². The molecule has 2 aromatic carbocycles. The molecule has 0 saturated carbocycles. The summed E-state index contributed by atoms with van der Waals surface area (Å²) >= 11 is 0. The van der Waals surface area contributed by atoms with Gasteiger partial charge in [0.1, 0.15) is 5.75 Å². The van der Waals surface area contributed by atoms with E-state index in [0.29, 0.717) is 12.2 Å². The Morgan fingerprint density at radius 1 is 1.19 bits per heavy atom. The van der Waals surface area contributed by atoms with Gasteiger partial charge in [-0.05, 0) is 41.8 Å². The third-order valence-electron chi connectivity index (χ3n) is 4.04. The zero-order chi connectivity index (χ0) is 18.4. The lowest BCUT2D eigenvalue weighted by Gasteiger charge is -2.05. The first-order valence-corrected chi connectivity index (χ1v) is 8.34. The molecule has 1 heterocycles. The third-order valence-corrected chi connectivity index (χ3v) is 4.04. The van der Waals surface area contributed by atoms with Crippen LogP contribution in [0.1, 0.15) is 16.7 Å². The molecule has 0 fully saturated rings. The summed E-state index contributed by atoms with van der Waals surface area (Å²) in [6, 6.07) is 15.7. The van der Waals surface area contributed by atoms with Gasteiger partial charge in [-0.1, -0.05) is 36.4 Å². The molecule has 0 radical (unpaired) electrons. The lowest BCUT2D eigenvalue weighted by molar-refractivity contribution is -0.111. The number of amides is 1. The van der Waals surface area contributed by atoms with Crippen molar-refractivity contribution < 1.29 is 9.53 Å². The van der Waals surface area contributed by atoms with Crippen molar-refractivity contribution in [3.63, 3.8) is 0 Å². The van der Waals surface area contributed by atoms with Crippen molar-refractivity contribution in [3.05, 3.63) is 83.7 Å². The predicted octanol–water partition coefficient (Wildman–Crippen LogP) is 3.90. The fraction of sp³-hybridized carbons (Fsp3) is 0.143. The highest BCUT2D eigenvalue weighted by molar-refractivity contribution is 6.01. The number of nitrogens with one attached hydrogen (secondary N) is 1. The van der Waals surface area contributed by atoms with E-state index < -0.39 is 0 Å². The Morgan fingerprint density at radius 3 is 2.69 bits per heavy atom. The summed E-state index contributed by atoms with van der Waals surface area (Å²) in [5.41, 5.74) is 4.02. The fourth-order valence-corrected chi connectivity index (χ4v) is 2.55. The Bertz CT molecular complexity index is 911. The highest BCUT2D eigenvalue weighted by Gasteiger charge is 2.04. The van der Waals surface area contributed by atoms with E-state index >= 15 is 0 Å². The van der Waals surface area contributed by atoms with Crippen molar-refractivity contribution in [2.75, 3.05) is 12.4 Å². The molecule has 0 aliphatic carbocycles. The minimum absolute atomic E-state index is 0.198. The number of methoxy groups -OCH3 is 1. The number of hydrogen-bond acceptors (Lipinski definition) is 3. The molecule has 26 heavy (non-hydrogen) atoms. The Kier molecular flexibility index (Phi) is 5.49. The largest absolute Gasteiger partial charge is 0.497 e. The maximum absolute atomic E-state index is 12.1. The van der Waals surface area contributed by atoms with Crippen LogP contribution in [0, 0.1) is 6.92 Å². The first-order chi connectivity index (χ1) is 12.6. The van der Waals surface area contributed by atoms with Gasteiger partial charge in [0.25, 0.3) is 0 Å². The van der Waals surface area contributed by atoms with Gasteiger partial charge in [-0.2, -0.15) is 5.10 Å². The van der Waals surface area contributed by atoms with Gasteiger partial charge < -0.3 is 10.1 Å². The maximum atomic E-state index is 12.1. The first-order valence-electron chi connectivity index (χ1n) is 8.34. The minimum Gasteiger partial charge on any atom is -0.497 e. The van der Waals surface area contributed by atoms with Crippen molar-refractivity contribution in [1.29, 1.82) is 0 Å². The normalized spacial score (nSPS) is 10.8. The molecule has 0 aliphatic rings. The number of nitrogens with zero attached hydrogens (tertiary/aromatic N) is 2. The molecule has 132 valence electrons. The van der Waals surface area contributed by atoms with E-state index in [2.05, 4.69) is 29.5 Å². The molecular formula is C21H21N3O2. The van der Waals surface area contributed by atoms with Crippen LogP contribution in [0.5, 0.6) is 5.75 Å². The lowest BCUT2D eigenvalue weighted by atomic mass is 10.1. The molecule has 0 unspecified atom stereocenters. The Morgan fingerprint density at radius 2 is 1.96 bits per heavy atom. The second kappa shape index (κ2) is 8.16. The van der Waals surface area contributed by atoms with E-state index in [4.69, 9.17) is 4.74 Å². The van der Waals surface area contributed by atoms with Gasteiger partial charge >= 0.3 is 0 Å². The SMILES string of the molecule is COc1ccc(/C=C/C(=O)Nc2cnn(Cc3ccccc3C)c2)cc1. The number of aromatic nitrogens is 2. The molecule has 1 N–H and O–H groups in total. The minimum atomic E-state index is -0.198. The van der Waals surface area contributed by atoms with Crippen LogP contribution in [0.2, 0.25) is 0 Å². The van der Waals surface area contributed by atoms with Crippen LogP contribution in [0.3, 0.4) is 0 Å². The summed E-state index contributed by atoms with van der Waals surface area (Å²) in [5, 5.41) is 7.13. The Hall–Kier alpha value is -3.34. The van der Waals surface area contributed by atoms with E-state index in [9.17, 15) is 4.79 Å². The number of anilines is 1. The second-order valence-electron chi connectivity index (χ2n) is 5.95. The molecule has 0 bridgehead atoms. The number of aryl methyl sites for hydroxylation is 1. The lowest BCUT2D eigenvalue weighted by Crippen LogP contribution is -2.07. The van der Waals surface area contributed by atoms with Gasteiger partial charge in [0.05, 0.1) is 25.5 Å². The van der Waals surface area contributed by atoms with E-state index in [0.717, 1.165) is 11.3 Å². The smallest absolute Gasteiger partial charge is 0.248 e. The molecule has 1 aromatic heterocycles. The zero-order valence-electron chi connectivity index (χ0n) is 14.8. The highest BCUT2D eigenvalue weighted by Crippen LogP contribution is 2.13. The van der Waals surface area contributed by atoms with Gasteiger partial charge in [-0.25, -0.2) is 0 Å². The summed E-state index contributed by atoms with van der Waals surface area (Å²) in [5.74, 6) is 0.587. The molecule has 5 heteroatoms. The van der Waals surface area contributed by atoms with Crippen molar-refractivity contribution in [3.8, 4) is 5.75 Å². The predicted molar refractivity (Wildman–Crippen MR) is 103 cm³/mol. The average molecular weight is 347 g/mol. The maximum Gasteiger partial charge on any atom is 0.248 e. The topological polar surface area (TPSA) is 56.1 Å². The molecule has 3 aromatic rings. The molecular weight excluding hydrogens is 326 g/mol. The van der Waals surface area contributed by atoms with Crippen LogP contribution in [0.15, 0.2) is 67.0 Å². The summed E-state index contributed by atoms with van der Waals surface area (Å²) in [6.45, 7) is 2.75. The summed E-state index contributed by atoms with van der Waals surface area (Å²) in [6.07, 6.45) is 6.73. The summed E-state index contributed by atoms with van der Waals surface area (Å²) in [4.78, 5) is 12.1.